The maximum atomic E-state index is 12.3. The number of carbonyl (C=O) groups excluding carboxylic acids is 2. The molecule has 1 N–H and O–H groups in total. The van der Waals surface area contributed by atoms with Crippen molar-refractivity contribution in [1.29, 1.82) is 0 Å². The highest BCUT2D eigenvalue weighted by Gasteiger charge is 2.26. The van der Waals surface area contributed by atoms with Crippen LogP contribution in [0.4, 0.5) is 5.82 Å². The van der Waals surface area contributed by atoms with E-state index in [-0.39, 0.29) is 11.9 Å². The van der Waals surface area contributed by atoms with Crippen LogP contribution in [-0.2, 0) is 9.53 Å². The number of thiophene rings is 1. The molecule has 1 amide bonds. The highest BCUT2D eigenvalue weighted by atomic mass is 32.1. The Morgan fingerprint density at radius 1 is 1.19 bits per heavy atom. The molecular weight excluding hydrogens is 366 g/mol. The van der Waals surface area contributed by atoms with Crippen molar-refractivity contribution in [3.8, 4) is 0 Å². The molecule has 8 nitrogen and oxygen atoms in total. The molecule has 3 heterocycles. The number of amides is 1. The van der Waals surface area contributed by atoms with Crippen molar-refractivity contribution in [2.45, 2.75) is 20.8 Å². The van der Waals surface area contributed by atoms with Crippen molar-refractivity contribution in [3.63, 3.8) is 0 Å². The van der Waals surface area contributed by atoms with Gasteiger partial charge < -0.3 is 15.0 Å². The summed E-state index contributed by atoms with van der Waals surface area (Å²) in [6.45, 7) is 9.45. The molecular formula is C18H25N5O3S. The smallest absolute Gasteiger partial charge is 0.348 e. The van der Waals surface area contributed by atoms with Crippen LogP contribution in [-0.4, -0.2) is 73.1 Å². The van der Waals surface area contributed by atoms with Crippen LogP contribution in [0.2, 0.25) is 0 Å². The lowest BCUT2D eigenvalue weighted by molar-refractivity contribution is -0.121. The first-order valence-electron chi connectivity index (χ1n) is 9.07. The topological polar surface area (TPSA) is 87.7 Å². The van der Waals surface area contributed by atoms with Crippen LogP contribution in [0, 0.1) is 13.8 Å². The SMILES string of the molecule is CCOC(=O)c1sc2nc(C)nc(N3CCN(CC(=O)NC)CC3)c2c1C. The summed E-state index contributed by atoms with van der Waals surface area (Å²) in [5.41, 5.74) is 0.872. The van der Waals surface area contributed by atoms with Gasteiger partial charge in [-0.2, -0.15) is 0 Å². The van der Waals surface area contributed by atoms with E-state index in [1.165, 1.54) is 11.3 Å². The number of hydrogen-bond donors (Lipinski definition) is 1. The second-order valence-corrected chi connectivity index (χ2v) is 7.49. The zero-order chi connectivity index (χ0) is 19.6. The second-order valence-electron chi connectivity index (χ2n) is 6.49. The fourth-order valence-corrected chi connectivity index (χ4v) is 4.36. The molecule has 0 bridgehead atoms. The summed E-state index contributed by atoms with van der Waals surface area (Å²) in [4.78, 5) is 38.8. The third-order valence-electron chi connectivity index (χ3n) is 4.66. The summed E-state index contributed by atoms with van der Waals surface area (Å²) in [5.74, 6) is 1.26. The van der Waals surface area contributed by atoms with Crippen molar-refractivity contribution in [2.75, 3.05) is 51.3 Å². The molecule has 146 valence electrons. The van der Waals surface area contributed by atoms with Gasteiger partial charge in [-0.25, -0.2) is 14.8 Å². The molecule has 0 atom stereocenters. The van der Waals surface area contributed by atoms with Gasteiger partial charge in [-0.3, -0.25) is 9.69 Å². The minimum absolute atomic E-state index is 0.0245. The zero-order valence-electron chi connectivity index (χ0n) is 16.2. The fraction of sp³-hybridized carbons (Fsp3) is 0.556. The molecule has 3 rings (SSSR count). The molecule has 0 saturated carbocycles. The lowest BCUT2D eigenvalue weighted by Gasteiger charge is -2.35. The van der Waals surface area contributed by atoms with Gasteiger partial charge >= 0.3 is 5.97 Å². The second kappa shape index (κ2) is 8.18. The highest BCUT2D eigenvalue weighted by Crippen LogP contribution is 2.36. The van der Waals surface area contributed by atoms with Gasteiger partial charge in [0.05, 0.1) is 18.5 Å². The van der Waals surface area contributed by atoms with Gasteiger partial charge in [0.25, 0.3) is 0 Å². The van der Waals surface area contributed by atoms with E-state index in [9.17, 15) is 9.59 Å². The van der Waals surface area contributed by atoms with Gasteiger partial charge in [0, 0.05) is 33.2 Å². The Balaban J connectivity index is 1.89. The number of piperazine rings is 1. The highest BCUT2D eigenvalue weighted by molar-refractivity contribution is 7.20. The summed E-state index contributed by atoms with van der Waals surface area (Å²) >= 11 is 1.36. The van der Waals surface area contributed by atoms with Gasteiger partial charge in [0.1, 0.15) is 21.3 Å². The molecule has 1 saturated heterocycles. The van der Waals surface area contributed by atoms with Crippen molar-refractivity contribution < 1.29 is 14.3 Å². The lowest BCUT2D eigenvalue weighted by atomic mass is 10.1. The van der Waals surface area contributed by atoms with Gasteiger partial charge in [-0.05, 0) is 26.3 Å². The Kier molecular flexibility index (Phi) is 5.91. The van der Waals surface area contributed by atoms with Gasteiger partial charge in [0.15, 0.2) is 0 Å². The third-order valence-corrected chi connectivity index (χ3v) is 5.83. The molecule has 1 aliphatic rings. The molecule has 0 spiro atoms. The Labute approximate surface area is 162 Å². The summed E-state index contributed by atoms with van der Waals surface area (Å²) in [7, 11) is 1.65. The van der Waals surface area contributed by atoms with E-state index >= 15 is 0 Å². The van der Waals surface area contributed by atoms with Crippen LogP contribution >= 0.6 is 11.3 Å². The standard InChI is InChI=1S/C18H25N5O3S/c1-5-26-18(25)15-11(2)14-16(20-12(3)21-17(14)27-15)23-8-6-22(7-9-23)10-13(24)19-4/h5-10H2,1-4H3,(H,19,24). The predicted molar refractivity (Wildman–Crippen MR) is 106 cm³/mol. The number of hydrogen-bond acceptors (Lipinski definition) is 8. The van der Waals surface area contributed by atoms with Gasteiger partial charge in [-0.15, -0.1) is 11.3 Å². The largest absolute Gasteiger partial charge is 0.462 e. The maximum Gasteiger partial charge on any atom is 0.348 e. The number of nitrogens with zero attached hydrogens (tertiary/aromatic N) is 4. The molecule has 0 aromatic carbocycles. The van der Waals surface area contributed by atoms with Crippen molar-refractivity contribution >= 4 is 39.2 Å². The third kappa shape index (κ3) is 4.03. The number of anilines is 1. The first-order chi connectivity index (χ1) is 12.9. The van der Waals surface area contributed by atoms with Crippen molar-refractivity contribution in [3.05, 3.63) is 16.3 Å². The van der Waals surface area contributed by atoms with Crippen LogP contribution in [0.15, 0.2) is 0 Å². The van der Waals surface area contributed by atoms with Crippen LogP contribution in [0.25, 0.3) is 10.2 Å². The molecule has 2 aromatic heterocycles. The molecule has 27 heavy (non-hydrogen) atoms. The Bertz CT molecular complexity index is 858. The minimum atomic E-state index is -0.308. The molecule has 1 aliphatic heterocycles. The number of fused-ring (bicyclic) bond motifs is 1. The molecule has 0 unspecified atom stereocenters. The number of carbonyl (C=O) groups is 2. The molecule has 0 radical (unpaired) electrons. The summed E-state index contributed by atoms with van der Waals surface area (Å²) in [5, 5.41) is 3.59. The number of rotatable bonds is 5. The quantitative estimate of drug-likeness (QED) is 0.770. The van der Waals surface area contributed by atoms with Crippen LogP contribution in [0.3, 0.4) is 0 Å². The number of aromatic nitrogens is 2. The average molecular weight is 391 g/mol. The Morgan fingerprint density at radius 2 is 1.89 bits per heavy atom. The first kappa shape index (κ1) is 19.5. The van der Waals surface area contributed by atoms with E-state index in [2.05, 4.69) is 25.1 Å². The number of ether oxygens (including phenoxy) is 1. The van der Waals surface area contributed by atoms with E-state index in [1.54, 1.807) is 14.0 Å². The molecule has 2 aromatic rings. The van der Waals surface area contributed by atoms with E-state index in [1.807, 2.05) is 13.8 Å². The van der Waals surface area contributed by atoms with Gasteiger partial charge in [-0.1, -0.05) is 0 Å². The number of esters is 1. The van der Waals surface area contributed by atoms with E-state index in [4.69, 9.17) is 4.74 Å². The normalized spacial score (nSPS) is 15.2. The zero-order valence-corrected chi connectivity index (χ0v) is 17.0. The van der Waals surface area contributed by atoms with Crippen LogP contribution in [0.1, 0.15) is 28.0 Å². The summed E-state index contributed by atoms with van der Waals surface area (Å²) < 4.78 is 5.18. The van der Waals surface area contributed by atoms with E-state index < -0.39 is 0 Å². The summed E-state index contributed by atoms with van der Waals surface area (Å²) in [6, 6.07) is 0. The first-order valence-corrected chi connectivity index (χ1v) is 9.89. The monoisotopic (exact) mass is 391 g/mol. The van der Waals surface area contributed by atoms with Crippen molar-refractivity contribution in [1.82, 2.24) is 20.2 Å². The minimum Gasteiger partial charge on any atom is -0.462 e. The van der Waals surface area contributed by atoms with E-state index in [0.717, 1.165) is 47.8 Å². The average Bonchev–Trinajstić information content (AvgIpc) is 2.98. The number of nitrogens with one attached hydrogen (secondary N) is 1. The number of aryl methyl sites for hydroxylation is 2. The molecule has 0 aliphatic carbocycles. The molecule has 9 heteroatoms. The van der Waals surface area contributed by atoms with Crippen LogP contribution < -0.4 is 10.2 Å². The van der Waals surface area contributed by atoms with Crippen molar-refractivity contribution in [2.24, 2.45) is 0 Å². The lowest BCUT2D eigenvalue weighted by Crippen LogP contribution is -2.49. The Hall–Kier alpha value is -2.26. The summed E-state index contributed by atoms with van der Waals surface area (Å²) in [6.07, 6.45) is 0. The maximum absolute atomic E-state index is 12.3. The Morgan fingerprint density at radius 3 is 2.52 bits per heavy atom. The fourth-order valence-electron chi connectivity index (χ4n) is 3.24. The van der Waals surface area contributed by atoms with Crippen LogP contribution in [0.5, 0.6) is 0 Å². The van der Waals surface area contributed by atoms with E-state index in [0.29, 0.717) is 23.9 Å². The number of likely N-dealkylation sites (N-methyl/N-ethyl adjacent to an activating group) is 1. The van der Waals surface area contributed by atoms with Gasteiger partial charge in [0.2, 0.25) is 5.91 Å². The predicted octanol–water partition coefficient (Wildman–Crippen LogP) is 1.35. The molecule has 1 fully saturated rings.